The predicted octanol–water partition coefficient (Wildman–Crippen LogP) is 7.03. The Morgan fingerprint density at radius 1 is 0.951 bits per heavy atom. The van der Waals surface area contributed by atoms with Crippen molar-refractivity contribution < 1.29 is 13.6 Å². The molecule has 1 fully saturated rings. The Morgan fingerprint density at radius 3 is 2.68 bits per heavy atom. The molecule has 0 atom stereocenters. The van der Waals surface area contributed by atoms with E-state index in [0.717, 1.165) is 37.7 Å². The molecule has 6 aromatic rings. The van der Waals surface area contributed by atoms with Crippen LogP contribution in [0.4, 0.5) is 14.5 Å². The van der Waals surface area contributed by atoms with E-state index >= 15 is 4.39 Å². The molecule has 0 spiro atoms. The van der Waals surface area contributed by atoms with Gasteiger partial charge in [0.15, 0.2) is 11.5 Å². The quantitative estimate of drug-likeness (QED) is 0.214. The van der Waals surface area contributed by atoms with Crippen LogP contribution in [0.2, 0.25) is 0 Å². The average molecular weight is 550 g/mol. The fourth-order valence-corrected chi connectivity index (χ4v) is 5.62. The molecule has 41 heavy (non-hydrogen) atoms. The number of imidazole rings is 1. The van der Waals surface area contributed by atoms with Crippen molar-refractivity contribution in [1.29, 1.82) is 0 Å². The van der Waals surface area contributed by atoms with E-state index in [1.165, 1.54) is 18.2 Å². The van der Waals surface area contributed by atoms with Gasteiger partial charge in [-0.15, -0.1) is 0 Å². The summed E-state index contributed by atoms with van der Waals surface area (Å²) in [6, 6.07) is 12.9. The summed E-state index contributed by atoms with van der Waals surface area (Å²) in [5.74, 6) is -0.384. The van der Waals surface area contributed by atoms with E-state index in [1.807, 2.05) is 6.07 Å². The van der Waals surface area contributed by atoms with Crippen LogP contribution in [0.5, 0.6) is 0 Å². The number of aromatic amines is 2. The molecule has 3 N–H and O–H groups in total. The van der Waals surface area contributed by atoms with Crippen LogP contribution < -0.4 is 5.32 Å². The number of aromatic nitrogens is 6. The van der Waals surface area contributed by atoms with Crippen LogP contribution in [-0.4, -0.2) is 36.0 Å². The Hall–Kier alpha value is -4.99. The lowest BCUT2D eigenvalue weighted by molar-refractivity contribution is -0.120. The van der Waals surface area contributed by atoms with Crippen molar-refractivity contribution in [2.24, 2.45) is 5.92 Å². The third-order valence-electron chi connectivity index (χ3n) is 7.70. The minimum absolute atomic E-state index is 0.00582. The zero-order chi connectivity index (χ0) is 27.9. The summed E-state index contributed by atoms with van der Waals surface area (Å²) in [7, 11) is 0. The number of carbonyl (C=O) groups excluding carboxylic acids is 1. The van der Waals surface area contributed by atoms with E-state index in [0.29, 0.717) is 56.0 Å². The van der Waals surface area contributed by atoms with Gasteiger partial charge in [-0.1, -0.05) is 31.4 Å². The zero-order valence-electron chi connectivity index (χ0n) is 21.9. The van der Waals surface area contributed by atoms with Crippen molar-refractivity contribution in [1.82, 2.24) is 30.1 Å². The van der Waals surface area contributed by atoms with Gasteiger partial charge in [-0.2, -0.15) is 5.10 Å². The van der Waals surface area contributed by atoms with Crippen LogP contribution >= 0.6 is 0 Å². The second-order valence-electron chi connectivity index (χ2n) is 10.4. The number of hydrogen-bond donors (Lipinski definition) is 3. The highest BCUT2D eigenvalue weighted by molar-refractivity contribution is 5.98. The first-order valence-electron chi connectivity index (χ1n) is 13.6. The first-order chi connectivity index (χ1) is 20.0. The van der Waals surface area contributed by atoms with Crippen LogP contribution in [0.1, 0.15) is 32.1 Å². The molecule has 8 nitrogen and oxygen atoms in total. The molecule has 1 aliphatic rings. The summed E-state index contributed by atoms with van der Waals surface area (Å²) >= 11 is 0. The molecule has 0 unspecified atom stereocenters. The number of rotatable bonds is 5. The summed E-state index contributed by atoms with van der Waals surface area (Å²) in [6.07, 6.45) is 9.80. The van der Waals surface area contributed by atoms with Gasteiger partial charge in [0.05, 0.1) is 22.9 Å². The molecule has 10 heteroatoms. The second-order valence-corrected chi connectivity index (χ2v) is 10.4. The summed E-state index contributed by atoms with van der Waals surface area (Å²) < 4.78 is 29.2. The van der Waals surface area contributed by atoms with Gasteiger partial charge < -0.3 is 10.3 Å². The monoisotopic (exact) mass is 549 g/mol. The molecule has 0 saturated heterocycles. The van der Waals surface area contributed by atoms with Gasteiger partial charge in [-0.3, -0.25) is 14.9 Å². The second kappa shape index (κ2) is 10.2. The minimum Gasteiger partial charge on any atom is -0.335 e. The third kappa shape index (κ3) is 4.71. The van der Waals surface area contributed by atoms with Gasteiger partial charge in [0.1, 0.15) is 17.3 Å². The van der Waals surface area contributed by atoms with Crippen LogP contribution in [-0.2, 0) is 4.79 Å². The van der Waals surface area contributed by atoms with E-state index in [4.69, 9.17) is 0 Å². The standard InChI is InChI=1S/C31H25F2N7O/c32-20-8-4-7-18(11-20)22-9-10-35-29-27(22)37-30(38-29)28-24-13-23(25(33)14-26(24)39-40-28)19-12-21(16-34-15-19)36-31(41)17-5-2-1-3-6-17/h4,7-17H,1-3,5-6H2,(H,36,41)(H,39,40)(H,35,37,38). The Bertz CT molecular complexity index is 1920. The normalized spacial score (nSPS) is 14.1. The number of nitrogens with zero attached hydrogens (tertiary/aromatic N) is 4. The van der Waals surface area contributed by atoms with Gasteiger partial charge in [0.2, 0.25) is 5.91 Å². The smallest absolute Gasteiger partial charge is 0.227 e. The SMILES string of the molecule is O=C(Nc1cncc(-c2cc3c(-c4nc5nccc(-c6cccc(F)c6)c5[nH]4)n[nH]c3cc2F)c1)C1CCCCC1. The Balaban J connectivity index is 1.25. The highest BCUT2D eigenvalue weighted by Gasteiger charge is 2.22. The fourth-order valence-electron chi connectivity index (χ4n) is 5.62. The molecule has 1 amide bonds. The van der Waals surface area contributed by atoms with Crippen molar-refractivity contribution in [2.75, 3.05) is 5.32 Å². The topological polar surface area (TPSA) is 112 Å². The van der Waals surface area contributed by atoms with Gasteiger partial charge in [-0.25, -0.2) is 18.7 Å². The van der Waals surface area contributed by atoms with Crippen molar-refractivity contribution >= 4 is 33.7 Å². The number of halogens is 2. The van der Waals surface area contributed by atoms with E-state index in [1.54, 1.807) is 42.9 Å². The number of hydrogen-bond acceptors (Lipinski definition) is 5. The van der Waals surface area contributed by atoms with Crippen molar-refractivity contribution in [3.05, 3.63) is 78.8 Å². The van der Waals surface area contributed by atoms with Crippen molar-refractivity contribution in [2.45, 2.75) is 32.1 Å². The maximum Gasteiger partial charge on any atom is 0.227 e. The molecule has 7 rings (SSSR count). The fraction of sp³-hybridized carbons (Fsp3) is 0.194. The molecule has 1 saturated carbocycles. The van der Waals surface area contributed by atoms with Crippen LogP contribution in [0.25, 0.3) is 55.8 Å². The summed E-state index contributed by atoms with van der Waals surface area (Å²) in [5, 5.41) is 10.9. The van der Waals surface area contributed by atoms with E-state index in [9.17, 15) is 9.18 Å². The first-order valence-corrected chi connectivity index (χ1v) is 13.6. The number of amides is 1. The summed E-state index contributed by atoms with van der Waals surface area (Å²) in [5.41, 5.74) is 4.87. The maximum absolute atomic E-state index is 15.3. The lowest BCUT2D eigenvalue weighted by Crippen LogP contribution is -2.24. The molecule has 0 aliphatic heterocycles. The minimum atomic E-state index is -0.454. The predicted molar refractivity (Wildman–Crippen MR) is 153 cm³/mol. The van der Waals surface area contributed by atoms with Gasteiger partial charge in [0, 0.05) is 46.5 Å². The molecule has 4 aromatic heterocycles. The number of benzene rings is 2. The van der Waals surface area contributed by atoms with E-state index < -0.39 is 5.82 Å². The number of fused-ring (bicyclic) bond motifs is 2. The number of anilines is 1. The third-order valence-corrected chi connectivity index (χ3v) is 7.70. The van der Waals surface area contributed by atoms with Crippen molar-refractivity contribution in [3.63, 3.8) is 0 Å². The Morgan fingerprint density at radius 2 is 1.83 bits per heavy atom. The van der Waals surface area contributed by atoms with Gasteiger partial charge >= 0.3 is 0 Å². The molecule has 204 valence electrons. The molecule has 0 bridgehead atoms. The first kappa shape index (κ1) is 25.0. The lowest BCUT2D eigenvalue weighted by Gasteiger charge is -2.20. The number of H-pyrrole nitrogens is 2. The number of nitrogens with one attached hydrogen (secondary N) is 3. The number of carbonyl (C=O) groups is 1. The van der Waals surface area contributed by atoms with Crippen LogP contribution in [0, 0.1) is 17.6 Å². The largest absolute Gasteiger partial charge is 0.335 e. The zero-order valence-corrected chi connectivity index (χ0v) is 21.9. The molecular weight excluding hydrogens is 524 g/mol. The van der Waals surface area contributed by atoms with E-state index in [2.05, 4.69) is 35.5 Å². The highest BCUT2D eigenvalue weighted by atomic mass is 19.1. The molecular formula is C31H25F2N7O. The maximum atomic E-state index is 15.3. The van der Waals surface area contributed by atoms with Crippen LogP contribution in [0.3, 0.4) is 0 Å². The Kier molecular flexibility index (Phi) is 6.22. The summed E-state index contributed by atoms with van der Waals surface area (Å²) in [6.45, 7) is 0. The molecule has 2 aromatic carbocycles. The summed E-state index contributed by atoms with van der Waals surface area (Å²) in [4.78, 5) is 29.3. The van der Waals surface area contributed by atoms with Crippen molar-refractivity contribution in [3.8, 4) is 33.8 Å². The van der Waals surface area contributed by atoms with E-state index in [-0.39, 0.29) is 17.6 Å². The molecule has 0 radical (unpaired) electrons. The van der Waals surface area contributed by atoms with Gasteiger partial charge in [-0.05, 0) is 48.7 Å². The van der Waals surface area contributed by atoms with Crippen LogP contribution in [0.15, 0.2) is 67.1 Å². The molecule has 1 aliphatic carbocycles. The highest BCUT2D eigenvalue weighted by Crippen LogP contribution is 2.34. The average Bonchev–Trinajstić information content (AvgIpc) is 3.61. The lowest BCUT2D eigenvalue weighted by atomic mass is 9.88. The van der Waals surface area contributed by atoms with Gasteiger partial charge in [0.25, 0.3) is 0 Å². The Labute approximate surface area is 233 Å². The molecule has 4 heterocycles. The number of pyridine rings is 2.